The number of aromatic hydroxyl groups is 1. The van der Waals surface area contributed by atoms with E-state index in [2.05, 4.69) is 57.1 Å². The number of aromatic nitrogens is 2. The molecule has 3 heterocycles. The zero-order valence-electron chi connectivity index (χ0n) is 18.2. The van der Waals surface area contributed by atoms with E-state index in [9.17, 15) is 9.90 Å². The average molecular weight is 396 g/mol. The van der Waals surface area contributed by atoms with E-state index in [1.54, 1.807) is 0 Å². The number of carbonyl (C=O) groups is 1. The number of aryl methyl sites for hydroxylation is 1. The van der Waals surface area contributed by atoms with Gasteiger partial charge < -0.3 is 15.2 Å². The molecule has 1 aromatic heterocycles. The van der Waals surface area contributed by atoms with Gasteiger partial charge in [0.05, 0.1) is 11.3 Å². The van der Waals surface area contributed by atoms with Gasteiger partial charge in [0.25, 0.3) is 0 Å². The molecule has 0 bridgehead atoms. The molecular formula is C23H29N3O3. The number of hydrogen-bond donors (Lipinski definition) is 3. The minimum atomic E-state index is -0.300. The predicted molar refractivity (Wildman–Crippen MR) is 112 cm³/mol. The van der Waals surface area contributed by atoms with E-state index in [1.165, 1.54) is 0 Å². The molecule has 1 atom stereocenters. The van der Waals surface area contributed by atoms with E-state index in [1.807, 2.05) is 19.1 Å². The van der Waals surface area contributed by atoms with Gasteiger partial charge in [0.2, 0.25) is 0 Å². The van der Waals surface area contributed by atoms with Crippen molar-refractivity contribution < 1.29 is 14.6 Å². The Labute approximate surface area is 171 Å². The first-order chi connectivity index (χ1) is 13.4. The third-order valence-electron chi connectivity index (χ3n) is 5.82. The van der Waals surface area contributed by atoms with Crippen molar-refractivity contribution in [3.8, 4) is 5.75 Å². The fourth-order valence-corrected chi connectivity index (χ4v) is 4.29. The fourth-order valence-electron chi connectivity index (χ4n) is 4.29. The van der Waals surface area contributed by atoms with Crippen LogP contribution in [0.15, 0.2) is 23.4 Å². The van der Waals surface area contributed by atoms with Crippen molar-refractivity contribution in [2.24, 2.45) is 0 Å². The van der Waals surface area contributed by atoms with Crippen molar-refractivity contribution in [2.45, 2.75) is 65.2 Å². The molecule has 4 rings (SSSR count). The molecule has 0 saturated heterocycles. The molecule has 6 nitrogen and oxygen atoms in total. The fraction of sp³-hybridized carbons (Fsp3) is 0.478. The lowest BCUT2D eigenvalue weighted by Gasteiger charge is -2.31. The summed E-state index contributed by atoms with van der Waals surface area (Å²) < 4.78 is 5.35. The van der Waals surface area contributed by atoms with Crippen LogP contribution in [0.25, 0.3) is 0 Å². The SMILES string of the molecule is Cc1[nH]nc2c1C(c1cc(C(C)(C)C)c(O)c(C(C)(C)C)c1)C1=C(COC1=O)N2. The standard InChI is InChI=1S/C23H29N3O3/c1-11-16-17(18-15(10-29-21(18)28)24-20(16)26-25-11)12-8-13(22(2,3)4)19(27)14(9-12)23(5,6)7/h8-9,17,27H,10H2,1-7H3,(H2,24,25,26). The molecule has 0 saturated carbocycles. The van der Waals surface area contributed by atoms with Gasteiger partial charge in [-0.2, -0.15) is 5.10 Å². The number of benzene rings is 1. The Kier molecular flexibility index (Phi) is 4.12. The quantitative estimate of drug-likeness (QED) is 0.624. The minimum absolute atomic E-state index is 0.229. The van der Waals surface area contributed by atoms with Crippen LogP contribution in [0.5, 0.6) is 5.75 Å². The van der Waals surface area contributed by atoms with Gasteiger partial charge in [0, 0.05) is 17.2 Å². The number of H-pyrrole nitrogens is 1. The highest BCUT2D eigenvalue weighted by atomic mass is 16.5. The van der Waals surface area contributed by atoms with E-state index in [0.29, 0.717) is 11.3 Å². The maximum atomic E-state index is 12.7. The van der Waals surface area contributed by atoms with Crippen LogP contribution in [0, 0.1) is 6.92 Å². The summed E-state index contributed by atoms with van der Waals surface area (Å²) in [4.78, 5) is 12.7. The summed E-state index contributed by atoms with van der Waals surface area (Å²) in [6.07, 6.45) is 0. The van der Waals surface area contributed by atoms with Crippen molar-refractivity contribution in [1.82, 2.24) is 10.2 Å². The Morgan fingerprint density at radius 3 is 2.24 bits per heavy atom. The highest BCUT2D eigenvalue weighted by Crippen LogP contribution is 2.48. The van der Waals surface area contributed by atoms with Crippen LogP contribution in [-0.2, 0) is 20.4 Å². The van der Waals surface area contributed by atoms with E-state index in [-0.39, 0.29) is 29.3 Å². The van der Waals surface area contributed by atoms with Crippen LogP contribution in [0.1, 0.15) is 75.4 Å². The first kappa shape index (κ1) is 19.6. The zero-order chi connectivity index (χ0) is 21.3. The van der Waals surface area contributed by atoms with Gasteiger partial charge in [0.15, 0.2) is 5.82 Å². The number of esters is 1. The number of nitrogens with one attached hydrogen (secondary N) is 2. The molecule has 2 aromatic rings. The Morgan fingerprint density at radius 2 is 1.69 bits per heavy atom. The molecule has 0 amide bonds. The molecule has 154 valence electrons. The molecule has 0 aliphatic carbocycles. The lowest BCUT2D eigenvalue weighted by atomic mass is 9.74. The summed E-state index contributed by atoms with van der Waals surface area (Å²) in [5, 5.41) is 21.8. The van der Waals surface area contributed by atoms with Gasteiger partial charge in [-0.15, -0.1) is 0 Å². The van der Waals surface area contributed by atoms with Crippen LogP contribution in [0.2, 0.25) is 0 Å². The van der Waals surface area contributed by atoms with Crippen molar-refractivity contribution in [3.05, 3.63) is 51.4 Å². The third-order valence-corrected chi connectivity index (χ3v) is 5.82. The summed E-state index contributed by atoms with van der Waals surface area (Å²) in [6.45, 7) is 14.7. The van der Waals surface area contributed by atoms with Gasteiger partial charge >= 0.3 is 5.97 Å². The lowest BCUT2D eigenvalue weighted by Crippen LogP contribution is -2.22. The lowest BCUT2D eigenvalue weighted by molar-refractivity contribution is -0.136. The number of anilines is 1. The number of carbonyl (C=O) groups excluding carboxylic acids is 1. The molecular weight excluding hydrogens is 366 g/mol. The molecule has 1 aromatic carbocycles. The Morgan fingerprint density at radius 1 is 1.10 bits per heavy atom. The normalized spacial score (nSPS) is 19.0. The first-order valence-corrected chi connectivity index (χ1v) is 9.99. The molecule has 0 spiro atoms. The van der Waals surface area contributed by atoms with Crippen molar-refractivity contribution in [3.63, 3.8) is 0 Å². The summed E-state index contributed by atoms with van der Waals surface area (Å²) in [7, 11) is 0. The first-order valence-electron chi connectivity index (χ1n) is 9.99. The number of cyclic esters (lactones) is 1. The molecule has 1 unspecified atom stereocenters. The van der Waals surface area contributed by atoms with Crippen molar-refractivity contribution >= 4 is 11.8 Å². The maximum Gasteiger partial charge on any atom is 0.337 e. The predicted octanol–water partition coefficient (Wildman–Crippen LogP) is 4.39. The molecule has 2 aliphatic heterocycles. The third kappa shape index (κ3) is 3.02. The molecule has 0 fully saturated rings. The van der Waals surface area contributed by atoms with Gasteiger partial charge in [-0.25, -0.2) is 4.79 Å². The second kappa shape index (κ2) is 6.12. The van der Waals surface area contributed by atoms with Crippen molar-refractivity contribution in [2.75, 3.05) is 11.9 Å². The second-order valence-corrected chi connectivity index (χ2v) is 10.1. The van der Waals surface area contributed by atoms with Gasteiger partial charge in [-0.3, -0.25) is 5.10 Å². The van der Waals surface area contributed by atoms with Crippen LogP contribution < -0.4 is 5.32 Å². The number of rotatable bonds is 1. The summed E-state index contributed by atoms with van der Waals surface area (Å²) in [5.41, 5.74) is 5.46. The van der Waals surface area contributed by atoms with Crippen LogP contribution >= 0.6 is 0 Å². The monoisotopic (exact) mass is 395 g/mol. The number of ether oxygens (including phenoxy) is 1. The number of aromatic amines is 1. The molecule has 29 heavy (non-hydrogen) atoms. The van der Waals surface area contributed by atoms with Gasteiger partial charge in [-0.05, 0) is 34.4 Å². The number of phenolic OH excluding ortho intramolecular Hbond substituents is 1. The van der Waals surface area contributed by atoms with Crippen LogP contribution in [0.4, 0.5) is 5.82 Å². The summed E-state index contributed by atoms with van der Waals surface area (Å²) in [6, 6.07) is 4.07. The second-order valence-electron chi connectivity index (χ2n) is 10.1. The topological polar surface area (TPSA) is 87.2 Å². The zero-order valence-corrected chi connectivity index (χ0v) is 18.2. The van der Waals surface area contributed by atoms with Gasteiger partial charge in [0.1, 0.15) is 12.4 Å². The van der Waals surface area contributed by atoms with E-state index in [0.717, 1.165) is 39.5 Å². The van der Waals surface area contributed by atoms with E-state index < -0.39 is 0 Å². The molecule has 0 radical (unpaired) electrons. The summed E-state index contributed by atoms with van der Waals surface area (Å²) >= 11 is 0. The van der Waals surface area contributed by atoms with Crippen molar-refractivity contribution in [1.29, 1.82) is 0 Å². The van der Waals surface area contributed by atoms with Crippen LogP contribution in [-0.4, -0.2) is 27.9 Å². The Hall–Kier alpha value is -2.76. The smallest absolute Gasteiger partial charge is 0.337 e. The van der Waals surface area contributed by atoms with Gasteiger partial charge in [-0.1, -0.05) is 53.7 Å². The highest BCUT2D eigenvalue weighted by molar-refractivity contribution is 5.97. The summed E-state index contributed by atoms with van der Waals surface area (Å²) in [5.74, 6) is 0.464. The number of phenols is 1. The minimum Gasteiger partial charge on any atom is -0.507 e. The largest absolute Gasteiger partial charge is 0.507 e. The maximum absolute atomic E-state index is 12.7. The number of hydrogen-bond acceptors (Lipinski definition) is 5. The van der Waals surface area contributed by atoms with E-state index in [4.69, 9.17) is 4.74 Å². The Bertz CT molecular complexity index is 1010. The molecule has 3 N–H and O–H groups in total. The van der Waals surface area contributed by atoms with Crippen LogP contribution in [0.3, 0.4) is 0 Å². The molecule has 2 aliphatic rings. The Balaban J connectivity index is 2.03. The van der Waals surface area contributed by atoms with E-state index >= 15 is 0 Å². The highest BCUT2D eigenvalue weighted by Gasteiger charge is 2.41. The number of fused-ring (bicyclic) bond motifs is 1. The number of nitrogens with zero attached hydrogens (tertiary/aromatic N) is 1. The average Bonchev–Trinajstić information content (AvgIpc) is 3.15. The molecule has 6 heteroatoms.